The Bertz CT molecular complexity index is 3920. The summed E-state index contributed by atoms with van der Waals surface area (Å²) in [7, 11) is 0. The molecule has 0 spiro atoms. The standard InChI is InChI=1S/C60H38N4/c1-3-14-42(15-4-1)58-53-38-44(39-23-25-40(26-24-39)45-31-36-57-52(37-45)50-20-10-11-21-55(50)63(57)46-16-5-2-6-17-46)30-35-54(53)61-60(62-58)43-27-32-47(33-28-43)64-56-22-12-9-19-49(56)51-34-29-41-13-7-8-18-48(41)59(51)64/h1-38H. The molecule has 3 aromatic heterocycles. The maximum atomic E-state index is 5.31. The van der Waals surface area contributed by atoms with Gasteiger partial charge in [-0.2, -0.15) is 0 Å². The van der Waals surface area contributed by atoms with Gasteiger partial charge in [0.25, 0.3) is 0 Å². The molecule has 0 aliphatic heterocycles. The normalized spacial score (nSPS) is 11.8. The highest BCUT2D eigenvalue weighted by molar-refractivity contribution is 6.18. The van der Waals surface area contributed by atoms with Crippen molar-refractivity contribution in [1.29, 1.82) is 0 Å². The largest absolute Gasteiger partial charge is 0.309 e. The molecule has 0 amide bonds. The van der Waals surface area contributed by atoms with Gasteiger partial charge in [-0.15, -0.1) is 0 Å². The Labute approximate surface area is 369 Å². The molecule has 0 atom stereocenters. The molecule has 64 heavy (non-hydrogen) atoms. The molecule has 4 nitrogen and oxygen atoms in total. The van der Waals surface area contributed by atoms with E-state index >= 15 is 0 Å². The van der Waals surface area contributed by atoms with Crippen molar-refractivity contribution in [1.82, 2.24) is 19.1 Å². The summed E-state index contributed by atoms with van der Waals surface area (Å²) in [6, 6.07) is 82.7. The maximum Gasteiger partial charge on any atom is 0.160 e. The minimum absolute atomic E-state index is 0.700. The number of para-hydroxylation sites is 3. The molecule has 0 aliphatic rings. The van der Waals surface area contributed by atoms with E-state index in [1.807, 2.05) is 0 Å². The van der Waals surface area contributed by atoms with Gasteiger partial charge in [-0.25, -0.2) is 9.97 Å². The third kappa shape index (κ3) is 5.77. The lowest BCUT2D eigenvalue weighted by Crippen LogP contribution is -1.97. The molecule has 13 rings (SSSR count). The Morgan fingerprint density at radius 1 is 0.281 bits per heavy atom. The molecule has 0 fully saturated rings. The van der Waals surface area contributed by atoms with E-state index in [1.54, 1.807) is 0 Å². The zero-order valence-electron chi connectivity index (χ0n) is 34.7. The highest BCUT2D eigenvalue weighted by atomic mass is 15.0. The third-order valence-electron chi connectivity index (χ3n) is 12.9. The van der Waals surface area contributed by atoms with Gasteiger partial charge in [0, 0.05) is 54.8 Å². The summed E-state index contributed by atoms with van der Waals surface area (Å²) in [6.45, 7) is 0. The summed E-state index contributed by atoms with van der Waals surface area (Å²) in [4.78, 5) is 10.5. The van der Waals surface area contributed by atoms with E-state index in [2.05, 4.69) is 240 Å². The molecule has 0 radical (unpaired) electrons. The Morgan fingerprint density at radius 2 is 0.812 bits per heavy atom. The van der Waals surface area contributed by atoms with Crippen molar-refractivity contribution in [2.45, 2.75) is 0 Å². The van der Waals surface area contributed by atoms with Gasteiger partial charge in [-0.05, 0) is 100 Å². The number of aromatic nitrogens is 4. The van der Waals surface area contributed by atoms with Crippen LogP contribution in [0, 0.1) is 0 Å². The second-order valence-electron chi connectivity index (χ2n) is 16.6. The van der Waals surface area contributed by atoms with Gasteiger partial charge in [0.1, 0.15) is 0 Å². The van der Waals surface area contributed by atoms with E-state index in [0.717, 1.165) is 50.2 Å². The van der Waals surface area contributed by atoms with E-state index in [1.165, 1.54) is 65.5 Å². The van der Waals surface area contributed by atoms with Crippen LogP contribution in [0.15, 0.2) is 231 Å². The Balaban J connectivity index is 0.869. The van der Waals surface area contributed by atoms with Gasteiger partial charge in [0.15, 0.2) is 5.82 Å². The SMILES string of the molecule is c1ccc(-c2nc(-c3ccc(-n4c5ccccc5c5ccc6ccccc6c54)cc3)nc3ccc(-c4ccc(-c5ccc6c(c5)c5ccccc5n6-c5ccccc5)cc4)cc23)cc1. The molecule has 0 saturated heterocycles. The van der Waals surface area contributed by atoms with Crippen LogP contribution in [0.4, 0.5) is 0 Å². The minimum Gasteiger partial charge on any atom is -0.309 e. The van der Waals surface area contributed by atoms with Crippen LogP contribution >= 0.6 is 0 Å². The smallest absolute Gasteiger partial charge is 0.160 e. The van der Waals surface area contributed by atoms with Gasteiger partial charge in [-0.1, -0.05) is 158 Å². The highest BCUT2D eigenvalue weighted by Gasteiger charge is 2.18. The molecular formula is C60H38N4. The topological polar surface area (TPSA) is 35.6 Å². The van der Waals surface area contributed by atoms with Crippen LogP contribution in [0.5, 0.6) is 0 Å². The molecule has 0 saturated carbocycles. The van der Waals surface area contributed by atoms with Gasteiger partial charge in [-0.3, -0.25) is 0 Å². The van der Waals surface area contributed by atoms with Crippen molar-refractivity contribution in [3.63, 3.8) is 0 Å². The fraction of sp³-hybridized carbons (Fsp3) is 0. The number of nitrogens with zero attached hydrogens (tertiary/aromatic N) is 4. The van der Waals surface area contributed by atoms with Crippen molar-refractivity contribution in [2.75, 3.05) is 0 Å². The van der Waals surface area contributed by atoms with E-state index in [4.69, 9.17) is 9.97 Å². The van der Waals surface area contributed by atoms with Crippen LogP contribution < -0.4 is 0 Å². The quantitative estimate of drug-likeness (QED) is 0.168. The first-order chi connectivity index (χ1) is 31.7. The summed E-state index contributed by atoms with van der Waals surface area (Å²) in [5.74, 6) is 0.700. The molecule has 0 aliphatic carbocycles. The van der Waals surface area contributed by atoms with Crippen LogP contribution in [0.2, 0.25) is 0 Å². The van der Waals surface area contributed by atoms with Crippen molar-refractivity contribution in [2.24, 2.45) is 0 Å². The van der Waals surface area contributed by atoms with Crippen molar-refractivity contribution < 1.29 is 0 Å². The average molecular weight is 815 g/mol. The second-order valence-corrected chi connectivity index (χ2v) is 16.6. The van der Waals surface area contributed by atoms with Crippen molar-refractivity contribution in [3.05, 3.63) is 231 Å². The van der Waals surface area contributed by atoms with Crippen LogP contribution in [0.25, 0.3) is 122 Å². The maximum absolute atomic E-state index is 5.31. The zero-order valence-corrected chi connectivity index (χ0v) is 34.7. The fourth-order valence-electron chi connectivity index (χ4n) is 9.87. The second kappa shape index (κ2) is 14.5. The summed E-state index contributed by atoms with van der Waals surface area (Å²) < 4.78 is 4.75. The number of hydrogen-bond donors (Lipinski definition) is 0. The molecule has 4 heteroatoms. The first-order valence-electron chi connectivity index (χ1n) is 21.8. The van der Waals surface area contributed by atoms with E-state index < -0.39 is 0 Å². The van der Waals surface area contributed by atoms with Crippen molar-refractivity contribution >= 4 is 65.3 Å². The number of rotatable bonds is 6. The van der Waals surface area contributed by atoms with Gasteiger partial charge in [0.05, 0.1) is 33.3 Å². The third-order valence-corrected chi connectivity index (χ3v) is 12.9. The number of fused-ring (bicyclic) bond motifs is 9. The molecule has 0 bridgehead atoms. The zero-order chi connectivity index (χ0) is 42.1. The van der Waals surface area contributed by atoms with E-state index in [9.17, 15) is 0 Å². The van der Waals surface area contributed by atoms with E-state index in [-0.39, 0.29) is 0 Å². The summed E-state index contributed by atoms with van der Waals surface area (Å²) in [5, 5.41) is 8.48. The summed E-state index contributed by atoms with van der Waals surface area (Å²) in [5.41, 5.74) is 15.6. The molecule has 0 N–H and O–H groups in total. The summed E-state index contributed by atoms with van der Waals surface area (Å²) >= 11 is 0. The molecule has 0 unspecified atom stereocenters. The number of benzene rings is 10. The van der Waals surface area contributed by atoms with Crippen LogP contribution in [0.3, 0.4) is 0 Å². The van der Waals surface area contributed by atoms with Crippen LogP contribution in [-0.4, -0.2) is 19.1 Å². The first-order valence-corrected chi connectivity index (χ1v) is 21.8. The Morgan fingerprint density at radius 3 is 1.55 bits per heavy atom. The van der Waals surface area contributed by atoms with Crippen LogP contribution in [0.1, 0.15) is 0 Å². The van der Waals surface area contributed by atoms with Gasteiger partial charge in [0.2, 0.25) is 0 Å². The number of hydrogen-bond acceptors (Lipinski definition) is 2. The Kier molecular flexibility index (Phi) is 8.18. The van der Waals surface area contributed by atoms with Crippen LogP contribution in [-0.2, 0) is 0 Å². The average Bonchev–Trinajstić information content (AvgIpc) is 3.89. The molecule has 298 valence electrons. The predicted octanol–water partition coefficient (Wildman–Crippen LogP) is 15.6. The predicted molar refractivity (Wildman–Crippen MR) is 267 cm³/mol. The lowest BCUT2D eigenvalue weighted by molar-refractivity contribution is 1.18. The minimum atomic E-state index is 0.700. The lowest BCUT2D eigenvalue weighted by atomic mass is 9.97. The molecule has 3 heterocycles. The summed E-state index contributed by atoms with van der Waals surface area (Å²) in [6.07, 6.45) is 0. The van der Waals surface area contributed by atoms with Crippen molar-refractivity contribution in [3.8, 4) is 56.3 Å². The lowest BCUT2D eigenvalue weighted by Gasteiger charge is -2.13. The van der Waals surface area contributed by atoms with E-state index in [0.29, 0.717) is 5.82 Å². The Hall–Kier alpha value is -8.60. The molecule has 10 aromatic carbocycles. The molecule has 13 aromatic rings. The monoisotopic (exact) mass is 814 g/mol. The van der Waals surface area contributed by atoms with Gasteiger partial charge >= 0.3 is 0 Å². The first kappa shape index (κ1) is 36.1. The fourth-order valence-corrected chi connectivity index (χ4v) is 9.87. The highest BCUT2D eigenvalue weighted by Crippen LogP contribution is 2.39. The van der Waals surface area contributed by atoms with Gasteiger partial charge < -0.3 is 9.13 Å². The molecular weight excluding hydrogens is 777 g/mol.